The molecule has 0 heterocycles. The van der Waals surface area contributed by atoms with Crippen LogP contribution in [0.15, 0.2) is 48.5 Å². The average molecular weight is 304 g/mol. The first-order chi connectivity index (χ1) is 10.1. The van der Waals surface area contributed by atoms with E-state index < -0.39 is 5.97 Å². The number of carboxylic acid groups (broad SMARTS) is 1. The predicted octanol–water partition coefficient (Wildman–Crippen LogP) is 4.13. The summed E-state index contributed by atoms with van der Waals surface area (Å²) < 4.78 is 0. The van der Waals surface area contributed by atoms with E-state index in [2.05, 4.69) is 4.90 Å². The molecule has 0 aliphatic heterocycles. The summed E-state index contributed by atoms with van der Waals surface area (Å²) in [6.07, 6.45) is 0.113. The van der Waals surface area contributed by atoms with Crippen LogP contribution in [0.2, 0.25) is 5.02 Å². The molecule has 1 N–H and O–H groups in total. The lowest BCUT2D eigenvalue weighted by Gasteiger charge is -2.26. The summed E-state index contributed by atoms with van der Waals surface area (Å²) in [5.74, 6) is -0.787. The molecule has 0 saturated heterocycles. The largest absolute Gasteiger partial charge is 0.481 e. The summed E-state index contributed by atoms with van der Waals surface area (Å²) in [4.78, 5) is 13.0. The van der Waals surface area contributed by atoms with Gasteiger partial charge in [-0.3, -0.25) is 4.79 Å². The number of para-hydroxylation sites is 1. The highest BCUT2D eigenvalue weighted by molar-refractivity contribution is 6.30. The van der Waals surface area contributed by atoms with Crippen molar-refractivity contribution in [2.75, 3.05) is 11.4 Å². The molecular formula is C17H18ClNO2. The Morgan fingerprint density at radius 1 is 1.14 bits per heavy atom. The number of anilines is 1. The van der Waals surface area contributed by atoms with Crippen LogP contribution < -0.4 is 4.90 Å². The van der Waals surface area contributed by atoms with Gasteiger partial charge in [0, 0.05) is 23.8 Å². The molecule has 4 heteroatoms. The molecule has 0 radical (unpaired) electrons. The lowest BCUT2D eigenvalue weighted by Crippen LogP contribution is -2.26. The van der Waals surface area contributed by atoms with Crippen molar-refractivity contribution in [3.63, 3.8) is 0 Å². The Hall–Kier alpha value is -2.00. The maximum atomic E-state index is 10.9. The fraction of sp³-hybridized carbons (Fsp3) is 0.235. The van der Waals surface area contributed by atoms with Crippen molar-refractivity contribution in [1.82, 2.24) is 0 Å². The maximum absolute atomic E-state index is 10.9. The van der Waals surface area contributed by atoms with Gasteiger partial charge in [0.2, 0.25) is 0 Å². The Morgan fingerprint density at radius 2 is 1.81 bits per heavy atom. The summed E-state index contributed by atoms with van der Waals surface area (Å²) in [6, 6.07) is 15.6. The van der Waals surface area contributed by atoms with Crippen LogP contribution in [-0.4, -0.2) is 17.6 Å². The van der Waals surface area contributed by atoms with Crippen LogP contribution in [0, 0.1) is 6.92 Å². The third kappa shape index (κ3) is 4.50. The summed E-state index contributed by atoms with van der Waals surface area (Å²) in [5, 5.41) is 9.64. The monoisotopic (exact) mass is 303 g/mol. The molecule has 2 aromatic carbocycles. The van der Waals surface area contributed by atoms with Gasteiger partial charge in [-0.25, -0.2) is 0 Å². The van der Waals surface area contributed by atoms with Gasteiger partial charge in [-0.15, -0.1) is 0 Å². The second-order valence-corrected chi connectivity index (χ2v) is 5.41. The fourth-order valence-electron chi connectivity index (χ4n) is 2.24. The number of carbonyl (C=O) groups is 1. The number of carboxylic acids is 1. The van der Waals surface area contributed by atoms with Gasteiger partial charge in [0.05, 0.1) is 6.42 Å². The topological polar surface area (TPSA) is 40.5 Å². The minimum absolute atomic E-state index is 0.113. The first-order valence-corrected chi connectivity index (χ1v) is 7.21. The zero-order valence-electron chi connectivity index (χ0n) is 11.9. The van der Waals surface area contributed by atoms with Crippen LogP contribution in [0.1, 0.15) is 17.5 Å². The average Bonchev–Trinajstić information content (AvgIpc) is 2.46. The van der Waals surface area contributed by atoms with Crippen LogP contribution in [-0.2, 0) is 11.3 Å². The lowest BCUT2D eigenvalue weighted by atomic mass is 10.1. The first kappa shape index (κ1) is 15.4. The van der Waals surface area contributed by atoms with Crippen molar-refractivity contribution >= 4 is 23.3 Å². The predicted molar refractivity (Wildman–Crippen MR) is 85.9 cm³/mol. The highest BCUT2D eigenvalue weighted by atomic mass is 35.5. The number of aliphatic carboxylic acids is 1. The summed E-state index contributed by atoms with van der Waals surface area (Å²) in [6.45, 7) is 3.17. The Bertz CT molecular complexity index is 610. The van der Waals surface area contributed by atoms with E-state index in [9.17, 15) is 4.79 Å². The second-order valence-electron chi connectivity index (χ2n) is 4.98. The SMILES string of the molecule is Cc1ccccc1N(CCC(=O)O)Cc1ccc(Cl)cc1. The normalized spacial score (nSPS) is 10.4. The number of hydrogen-bond acceptors (Lipinski definition) is 2. The van der Waals surface area contributed by atoms with E-state index in [1.165, 1.54) is 0 Å². The van der Waals surface area contributed by atoms with Crippen LogP contribution >= 0.6 is 11.6 Å². The third-order valence-electron chi connectivity index (χ3n) is 3.34. The zero-order chi connectivity index (χ0) is 15.2. The number of benzene rings is 2. The number of aryl methyl sites for hydroxylation is 1. The quantitative estimate of drug-likeness (QED) is 0.872. The van der Waals surface area contributed by atoms with Gasteiger partial charge >= 0.3 is 5.97 Å². The van der Waals surface area contributed by atoms with Gasteiger partial charge in [-0.2, -0.15) is 0 Å². The van der Waals surface area contributed by atoms with Gasteiger partial charge in [-0.1, -0.05) is 41.9 Å². The van der Waals surface area contributed by atoms with Crippen molar-refractivity contribution in [2.45, 2.75) is 19.9 Å². The molecule has 0 saturated carbocycles. The van der Waals surface area contributed by atoms with Gasteiger partial charge in [0.25, 0.3) is 0 Å². The number of halogens is 1. The zero-order valence-corrected chi connectivity index (χ0v) is 12.7. The summed E-state index contributed by atoms with van der Waals surface area (Å²) in [5.41, 5.74) is 3.30. The Balaban J connectivity index is 2.21. The molecule has 3 nitrogen and oxygen atoms in total. The smallest absolute Gasteiger partial charge is 0.305 e. The van der Waals surface area contributed by atoms with Crippen molar-refractivity contribution in [1.29, 1.82) is 0 Å². The summed E-state index contributed by atoms with van der Waals surface area (Å²) >= 11 is 5.90. The number of rotatable bonds is 6. The summed E-state index contributed by atoms with van der Waals surface area (Å²) in [7, 11) is 0. The van der Waals surface area contributed by atoms with Crippen LogP contribution in [0.4, 0.5) is 5.69 Å². The molecule has 0 unspecified atom stereocenters. The van der Waals surface area contributed by atoms with E-state index in [4.69, 9.17) is 16.7 Å². The van der Waals surface area contributed by atoms with Crippen LogP contribution in [0.5, 0.6) is 0 Å². The molecule has 2 rings (SSSR count). The molecule has 0 aliphatic rings. The molecule has 0 aromatic heterocycles. The van der Waals surface area contributed by atoms with E-state index in [1.54, 1.807) is 0 Å². The molecule has 21 heavy (non-hydrogen) atoms. The highest BCUT2D eigenvalue weighted by Crippen LogP contribution is 2.22. The van der Waals surface area contributed by atoms with Crippen LogP contribution in [0.3, 0.4) is 0 Å². The standard InChI is InChI=1S/C17H18ClNO2/c1-13-4-2-3-5-16(13)19(11-10-17(20)21)12-14-6-8-15(18)9-7-14/h2-9H,10-12H2,1H3,(H,20,21). The molecule has 110 valence electrons. The Labute approximate surface area is 129 Å². The Morgan fingerprint density at radius 3 is 2.43 bits per heavy atom. The first-order valence-electron chi connectivity index (χ1n) is 6.83. The molecule has 0 amide bonds. The molecule has 0 bridgehead atoms. The van der Waals surface area contributed by atoms with Crippen LogP contribution in [0.25, 0.3) is 0 Å². The minimum atomic E-state index is -0.787. The second kappa shape index (κ2) is 7.14. The van der Waals surface area contributed by atoms with Gasteiger partial charge in [0.1, 0.15) is 0 Å². The van der Waals surface area contributed by atoms with E-state index in [0.717, 1.165) is 16.8 Å². The Kier molecular flexibility index (Phi) is 5.23. The molecule has 0 atom stereocenters. The van der Waals surface area contributed by atoms with E-state index in [1.807, 2.05) is 55.5 Å². The fourth-order valence-corrected chi connectivity index (χ4v) is 2.37. The molecular weight excluding hydrogens is 286 g/mol. The van der Waals surface area contributed by atoms with Crippen molar-refractivity contribution < 1.29 is 9.90 Å². The molecule has 2 aromatic rings. The molecule has 0 spiro atoms. The number of hydrogen-bond donors (Lipinski definition) is 1. The van der Waals surface area contributed by atoms with Crippen molar-refractivity contribution in [3.8, 4) is 0 Å². The van der Waals surface area contributed by atoms with E-state index in [-0.39, 0.29) is 6.42 Å². The van der Waals surface area contributed by atoms with E-state index >= 15 is 0 Å². The number of nitrogens with zero attached hydrogens (tertiary/aromatic N) is 1. The van der Waals surface area contributed by atoms with Crippen molar-refractivity contribution in [3.05, 3.63) is 64.7 Å². The van der Waals surface area contributed by atoms with Gasteiger partial charge in [-0.05, 0) is 36.2 Å². The maximum Gasteiger partial charge on any atom is 0.305 e. The van der Waals surface area contributed by atoms with Gasteiger partial charge < -0.3 is 10.0 Å². The van der Waals surface area contributed by atoms with E-state index in [0.29, 0.717) is 18.1 Å². The minimum Gasteiger partial charge on any atom is -0.481 e. The third-order valence-corrected chi connectivity index (χ3v) is 3.59. The lowest BCUT2D eigenvalue weighted by molar-refractivity contribution is -0.136. The molecule has 0 fully saturated rings. The van der Waals surface area contributed by atoms with Gasteiger partial charge in [0.15, 0.2) is 0 Å². The highest BCUT2D eigenvalue weighted by Gasteiger charge is 2.11. The van der Waals surface area contributed by atoms with Crippen molar-refractivity contribution in [2.24, 2.45) is 0 Å². The molecule has 0 aliphatic carbocycles.